The van der Waals surface area contributed by atoms with Crippen molar-refractivity contribution in [3.8, 4) is 0 Å². The Labute approximate surface area is 67.5 Å². The van der Waals surface area contributed by atoms with Gasteiger partial charge in [-0.2, -0.15) is 0 Å². The molecule has 0 N–H and O–H groups in total. The molecule has 0 unspecified atom stereocenters. The molecule has 1 aromatic carbocycles. The normalized spacial score (nSPS) is 10.6. The van der Waals surface area contributed by atoms with Gasteiger partial charge >= 0.3 is 0 Å². The zero-order chi connectivity index (χ0) is 7.40. The van der Waals surface area contributed by atoms with Crippen LogP contribution in [0.4, 0.5) is 4.39 Å². The Bertz CT molecular complexity index is 226. The predicted octanol–water partition coefficient (Wildman–Crippen LogP) is 3.39. The van der Waals surface area contributed by atoms with Gasteiger partial charge in [-0.1, -0.05) is 28.1 Å². The standard InChI is InChI=1S/C8H6BrF/c9-8-3-1-7(2-4-8)5-6-10/h1-6H/b6-5-. The first-order valence-corrected chi connectivity index (χ1v) is 3.64. The van der Waals surface area contributed by atoms with E-state index in [1.54, 1.807) is 0 Å². The van der Waals surface area contributed by atoms with Crippen LogP contribution in [0.25, 0.3) is 6.08 Å². The predicted molar refractivity (Wildman–Crippen MR) is 44.3 cm³/mol. The van der Waals surface area contributed by atoms with E-state index in [-0.39, 0.29) is 0 Å². The number of benzene rings is 1. The summed E-state index contributed by atoms with van der Waals surface area (Å²) in [5.41, 5.74) is 0.866. The van der Waals surface area contributed by atoms with Crippen molar-refractivity contribution in [3.63, 3.8) is 0 Å². The van der Waals surface area contributed by atoms with Crippen LogP contribution < -0.4 is 0 Å². The van der Waals surface area contributed by atoms with E-state index in [1.165, 1.54) is 6.08 Å². The monoisotopic (exact) mass is 200 g/mol. The summed E-state index contributed by atoms with van der Waals surface area (Å²) in [6.07, 6.45) is 1.94. The molecular weight excluding hydrogens is 195 g/mol. The Kier molecular flexibility index (Phi) is 2.63. The maximum absolute atomic E-state index is 11.6. The molecule has 2 heteroatoms. The van der Waals surface area contributed by atoms with Crippen LogP contribution in [0.3, 0.4) is 0 Å². The Balaban J connectivity index is 2.89. The highest BCUT2D eigenvalue weighted by Crippen LogP contribution is 2.11. The first-order valence-electron chi connectivity index (χ1n) is 2.85. The summed E-state index contributed by atoms with van der Waals surface area (Å²) in [4.78, 5) is 0. The summed E-state index contributed by atoms with van der Waals surface area (Å²) in [7, 11) is 0. The molecule has 1 rings (SSSR count). The molecule has 0 aliphatic rings. The van der Waals surface area contributed by atoms with Gasteiger partial charge in [0.15, 0.2) is 0 Å². The summed E-state index contributed by atoms with van der Waals surface area (Å²) >= 11 is 3.28. The third-order valence-corrected chi connectivity index (χ3v) is 1.65. The van der Waals surface area contributed by atoms with Gasteiger partial charge in [-0.3, -0.25) is 0 Å². The molecule has 0 radical (unpaired) electrons. The molecule has 0 aliphatic carbocycles. The van der Waals surface area contributed by atoms with E-state index in [0.29, 0.717) is 6.33 Å². The minimum atomic E-state index is 0.531. The molecular formula is C8H6BrF. The minimum Gasteiger partial charge on any atom is -0.216 e. The van der Waals surface area contributed by atoms with Crippen molar-refractivity contribution in [2.75, 3.05) is 0 Å². The molecule has 0 saturated carbocycles. The highest BCUT2D eigenvalue weighted by atomic mass is 79.9. The second-order valence-corrected chi connectivity index (χ2v) is 2.76. The van der Waals surface area contributed by atoms with Crippen molar-refractivity contribution in [3.05, 3.63) is 40.6 Å². The van der Waals surface area contributed by atoms with E-state index in [0.717, 1.165) is 10.0 Å². The Morgan fingerprint density at radius 3 is 2.30 bits per heavy atom. The van der Waals surface area contributed by atoms with Gasteiger partial charge in [0.25, 0.3) is 0 Å². The average Bonchev–Trinajstić information content (AvgIpc) is 1.95. The van der Waals surface area contributed by atoms with Gasteiger partial charge in [0, 0.05) is 4.47 Å². The lowest BCUT2D eigenvalue weighted by Gasteiger charge is -1.90. The third-order valence-electron chi connectivity index (χ3n) is 1.13. The van der Waals surface area contributed by atoms with Crippen LogP contribution in [0.5, 0.6) is 0 Å². The van der Waals surface area contributed by atoms with Crippen LogP contribution in [-0.2, 0) is 0 Å². The van der Waals surface area contributed by atoms with E-state index in [2.05, 4.69) is 15.9 Å². The van der Waals surface area contributed by atoms with Crippen LogP contribution >= 0.6 is 15.9 Å². The van der Waals surface area contributed by atoms with Gasteiger partial charge in [0.05, 0.1) is 6.33 Å². The largest absolute Gasteiger partial charge is 0.216 e. The average molecular weight is 201 g/mol. The molecule has 0 heterocycles. The van der Waals surface area contributed by atoms with Gasteiger partial charge in [-0.25, -0.2) is 4.39 Å². The van der Waals surface area contributed by atoms with Crippen molar-refractivity contribution in [1.29, 1.82) is 0 Å². The van der Waals surface area contributed by atoms with Gasteiger partial charge in [0.2, 0.25) is 0 Å². The van der Waals surface area contributed by atoms with Crippen LogP contribution in [0, 0.1) is 0 Å². The molecule has 0 spiro atoms. The quantitative estimate of drug-likeness (QED) is 0.653. The lowest BCUT2D eigenvalue weighted by molar-refractivity contribution is 0.727. The zero-order valence-corrected chi connectivity index (χ0v) is 6.81. The molecule has 52 valence electrons. The number of hydrogen-bond donors (Lipinski definition) is 0. The highest BCUT2D eigenvalue weighted by molar-refractivity contribution is 9.10. The minimum absolute atomic E-state index is 0.531. The lowest BCUT2D eigenvalue weighted by atomic mass is 10.2. The molecule has 10 heavy (non-hydrogen) atoms. The molecule has 1 aromatic rings. The Hall–Kier alpha value is -0.630. The zero-order valence-electron chi connectivity index (χ0n) is 5.22. The first-order chi connectivity index (χ1) is 4.83. The highest BCUT2D eigenvalue weighted by Gasteiger charge is 1.85. The molecule has 0 nitrogen and oxygen atoms in total. The fraction of sp³-hybridized carbons (Fsp3) is 0. The molecule has 0 atom stereocenters. The summed E-state index contributed by atoms with van der Waals surface area (Å²) in [6, 6.07) is 7.41. The molecule has 0 amide bonds. The molecule has 0 aromatic heterocycles. The van der Waals surface area contributed by atoms with Crippen LogP contribution in [0.2, 0.25) is 0 Å². The topological polar surface area (TPSA) is 0 Å². The fourth-order valence-electron chi connectivity index (χ4n) is 0.647. The van der Waals surface area contributed by atoms with Gasteiger partial charge in [0.1, 0.15) is 0 Å². The Morgan fingerprint density at radius 2 is 1.80 bits per heavy atom. The molecule has 0 aliphatic heterocycles. The SMILES string of the molecule is F/C=C\c1ccc(Br)cc1. The van der Waals surface area contributed by atoms with Crippen molar-refractivity contribution < 1.29 is 4.39 Å². The second kappa shape index (κ2) is 3.52. The van der Waals surface area contributed by atoms with E-state index < -0.39 is 0 Å². The lowest BCUT2D eigenvalue weighted by Crippen LogP contribution is -1.68. The van der Waals surface area contributed by atoms with Gasteiger partial charge < -0.3 is 0 Å². The summed E-state index contributed by atoms with van der Waals surface area (Å²) < 4.78 is 12.6. The van der Waals surface area contributed by atoms with Crippen molar-refractivity contribution in [2.45, 2.75) is 0 Å². The van der Waals surface area contributed by atoms with Crippen molar-refractivity contribution >= 4 is 22.0 Å². The van der Waals surface area contributed by atoms with E-state index in [1.807, 2.05) is 24.3 Å². The maximum Gasteiger partial charge on any atom is 0.0872 e. The molecule has 0 saturated heterocycles. The van der Waals surface area contributed by atoms with Crippen LogP contribution in [-0.4, -0.2) is 0 Å². The smallest absolute Gasteiger partial charge is 0.0872 e. The molecule has 0 fully saturated rings. The third kappa shape index (κ3) is 1.95. The van der Waals surface area contributed by atoms with Gasteiger partial charge in [-0.05, 0) is 23.8 Å². The summed E-state index contributed by atoms with van der Waals surface area (Å²) in [5.74, 6) is 0. The van der Waals surface area contributed by atoms with Crippen molar-refractivity contribution in [1.82, 2.24) is 0 Å². The van der Waals surface area contributed by atoms with Crippen LogP contribution in [0.15, 0.2) is 35.1 Å². The summed E-state index contributed by atoms with van der Waals surface area (Å²) in [5, 5.41) is 0. The van der Waals surface area contributed by atoms with Crippen molar-refractivity contribution in [2.24, 2.45) is 0 Å². The number of rotatable bonds is 1. The van der Waals surface area contributed by atoms with E-state index in [9.17, 15) is 4.39 Å². The van der Waals surface area contributed by atoms with Crippen LogP contribution in [0.1, 0.15) is 5.56 Å². The second-order valence-electron chi connectivity index (χ2n) is 1.84. The maximum atomic E-state index is 11.6. The first kappa shape index (κ1) is 7.48. The number of halogens is 2. The van der Waals surface area contributed by atoms with Gasteiger partial charge in [-0.15, -0.1) is 0 Å². The number of hydrogen-bond acceptors (Lipinski definition) is 0. The van der Waals surface area contributed by atoms with E-state index in [4.69, 9.17) is 0 Å². The van der Waals surface area contributed by atoms with E-state index >= 15 is 0 Å². The molecule has 0 bridgehead atoms. The summed E-state index contributed by atoms with van der Waals surface area (Å²) in [6.45, 7) is 0. The fourth-order valence-corrected chi connectivity index (χ4v) is 0.911. The Morgan fingerprint density at radius 1 is 1.20 bits per heavy atom.